The van der Waals surface area contributed by atoms with E-state index in [1.165, 1.54) is 0 Å². The zero-order chi connectivity index (χ0) is 15.5. The molecule has 0 spiro atoms. The molecule has 2 heterocycles. The van der Waals surface area contributed by atoms with Crippen LogP contribution in [0.1, 0.15) is 5.82 Å². The number of benzene rings is 1. The molecule has 2 amide bonds. The van der Waals surface area contributed by atoms with Gasteiger partial charge in [-0.25, -0.2) is 13.6 Å². The summed E-state index contributed by atoms with van der Waals surface area (Å²) in [6.07, 6.45) is 1.77. The van der Waals surface area contributed by atoms with Gasteiger partial charge in [0, 0.05) is 12.3 Å². The van der Waals surface area contributed by atoms with Gasteiger partial charge in [0.2, 0.25) is 0 Å². The summed E-state index contributed by atoms with van der Waals surface area (Å²) in [6.45, 7) is 0.111. The molecule has 8 heteroatoms. The molecule has 2 aromatic heterocycles. The van der Waals surface area contributed by atoms with Crippen molar-refractivity contribution in [3.63, 3.8) is 0 Å². The Bertz CT molecular complexity index is 833. The van der Waals surface area contributed by atoms with Crippen molar-refractivity contribution in [2.75, 3.05) is 5.32 Å². The Morgan fingerprint density at radius 2 is 2.05 bits per heavy atom. The van der Waals surface area contributed by atoms with Crippen LogP contribution in [0.25, 0.3) is 5.65 Å². The summed E-state index contributed by atoms with van der Waals surface area (Å²) >= 11 is 0. The number of nitrogens with zero attached hydrogens (tertiary/aromatic N) is 3. The van der Waals surface area contributed by atoms with E-state index < -0.39 is 17.7 Å². The first-order valence-corrected chi connectivity index (χ1v) is 6.42. The summed E-state index contributed by atoms with van der Waals surface area (Å²) in [5.41, 5.74) is 0.550. The van der Waals surface area contributed by atoms with E-state index in [0.717, 1.165) is 12.1 Å². The lowest BCUT2D eigenvalue weighted by Crippen LogP contribution is -2.29. The van der Waals surface area contributed by atoms with Crippen LogP contribution in [-0.4, -0.2) is 20.6 Å². The molecule has 3 aromatic rings. The van der Waals surface area contributed by atoms with Crippen molar-refractivity contribution in [3.05, 3.63) is 60.1 Å². The molecule has 112 valence electrons. The van der Waals surface area contributed by atoms with Gasteiger partial charge in [-0.2, -0.15) is 0 Å². The molecular formula is C14H11F2N5O. The lowest BCUT2D eigenvalue weighted by atomic mass is 10.3. The fourth-order valence-electron chi connectivity index (χ4n) is 1.93. The zero-order valence-corrected chi connectivity index (χ0v) is 11.3. The summed E-state index contributed by atoms with van der Waals surface area (Å²) < 4.78 is 27.9. The maximum absolute atomic E-state index is 13.4. The van der Waals surface area contributed by atoms with E-state index in [1.54, 1.807) is 16.7 Å². The number of pyridine rings is 1. The van der Waals surface area contributed by atoms with Crippen LogP contribution in [-0.2, 0) is 6.54 Å². The molecule has 0 unspecified atom stereocenters. The molecule has 0 aliphatic carbocycles. The fourth-order valence-corrected chi connectivity index (χ4v) is 1.93. The van der Waals surface area contributed by atoms with Crippen molar-refractivity contribution in [2.24, 2.45) is 0 Å². The van der Waals surface area contributed by atoms with Gasteiger partial charge >= 0.3 is 6.03 Å². The first-order valence-electron chi connectivity index (χ1n) is 6.42. The van der Waals surface area contributed by atoms with Crippen LogP contribution < -0.4 is 10.6 Å². The Morgan fingerprint density at radius 1 is 1.18 bits per heavy atom. The molecule has 0 saturated carbocycles. The second-order valence-electron chi connectivity index (χ2n) is 4.48. The van der Waals surface area contributed by atoms with Crippen LogP contribution in [0.5, 0.6) is 0 Å². The summed E-state index contributed by atoms with van der Waals surface area (Å²) in [6, 6.07) is 7.70. The van der Waals surface area contributed by atoms with Gasteiger partial charge in [-0.15, -0.1) is 10.2 Å². The number of hydrogen-bond donors (Lipinski definition) is 2. The maximum atomic E-state index is 13.4. The third kappa shape index (κ3) is 2.85. The number of aromatic nitrogens is 3. The highest BCUT2D eigenvalue weighted by Crippen LogP contribution is 2.14. The molecule has 1 aromatic carbocycles. The number of nitrogens with one attached hydrogen (secondary N) is 2. The van der Waals surface area contributed by atoms with Gasteiger partial charge < -0.3 is 10.6 Å². The summed E-state index contributed by atoms with van der Waals surface area (Å²) in [4.78, 5) is 11.7. The van der Waals surface area contributed by atoms with Crippen LogP contribution in [0, 0.1) is 11.6 Å². The first-order chi connectivity index (χ1) is 10.6. The van der Waals surface area contributed by atoms with E-state index in [9.17, 15) is 13.6 Å². The maximum Gasteiger partial charge on any atom is 0.319 e. The SMILES string of the molecule is O=C(NCc1nnc2ccccn12)Nc1ccc(F)cc1F. The minimum Gasteiger partial charge on any atom is -0.331 e. The van der Waals surface area contributed by atoms with Crippen molar-refractivity contribution in [3.8, 4) is 0 Å². The second-order valence-corrected chi connectivity index (χ2v) is 4.48. The smallest absolute Gasteiger partial charge is 0.319 e. The predicted octanol–water partition coefficient (Wildman–Crippen LogP) is 2.33. The molecule has 0 aliphatic heterocycles. The molecule has 3 rings (SSSR count). The number of carbonyl (C=O) groups excluding carboxylic acids is 1. The van der Waals surface area contributed by atoms with Crippen molar-refractivity contribution in [1.29, 1.82) is 0 Å². The highest BCUT2D eigenvalue weighted by atomic mass is 19.1. The standard InChI is InChI=1S/C14H11F2N5O/c15-9-4-5-11(10(16)7-9)18-14(22)17-8-13-20-19-12-3-1-2-6-21(12)13/h1-7H,8H2,(H2,17,18,22). The Kier molecular flexibility index (Phi) is 3.65. The predicted molar refractivity (Wildman–Crippen MR) is 75.2 cm³/mol. The molecular weight excluding hydrogens is 292 g/mol. The number of rotatable bonds is 3. The molecule has 0 bridgehead atoms. The van der Waals surface area contributed by atoms with E-state index in [0.29, 0.717) is 17.5 Å². The number of amides is 2. The Balaban J connectivity index is 1.65. The monoisotopic (exact) mass is 303 g/mol. The number of anilines is 1. The molecule has 0 fully saturated rings. The third-order valence-corrected chi connectivity index (χ3v) is 2.97. The summed E-state index contributed by atoms with van der Waals surface area (Å²) in [5.74, 6) is -1.02. The van der Waals surface area contributed by atoms with E-state index >= 15 is 0 Å². The quantitative estimate of drug-likeness (QED) is 0.780. The summed E-state index contributed by atoms with van der Waals surface area (Å²) in [7, 11) is 0. The minimum atomic E-state index is -0.844. The van der Waals surface area contributed by atoms with Gasteiger partial charge in [0.1, 0.15) is 11.6 Å². The van der Waals surface area contributed by atoms with Gasteiger partial charge in [0.15, 0.2) is 11.5 Å². The number of hydrogen-bond acceptors (Lipinski definition) is 3. The number of halogens is 2. The molecule has 6 nitrogen and oxygen atoms in total. The second kappa shape index (κ2) is 5.76. The van der Waals surface area contributed by atoms with Gasteiger partial charge in [-0.05, 0) is 24.3 Å². The molecule has 0 saturated heterocycles. The number of carbonyl (C=O) groups is 1. The summed E-state index contributed by atoms with van der Waals surface area (Å²) in [5, 5.41) is 12.7. The van der Waals surface area contributed by atoms with Gasteiger partial charge in [-0.1, -0.05) is 6.07 Å². The van der Waals surface area contributed by atoms with E-state index in [1.807, 2.05) is 12.1 Å². The largest absolute Gasteiger partial charge is 0.331 e. The topological polar surface area (TPSA) is 71.3 Å². The molecule has 0 aliphatic rings. The Labute approximate surface area is 123 Å². The van der Waals surface area contributed by atoms with Crippen molar-refractivity contribution in [1.82, 2.24) is 19.9 Å². The average Bonchev–Trinajstić information content (AvgIpc) is 2.91. The lowest BCUT2D eigenvalue weighted by Gasteiger charge is -2.07. The minimum absolute atomic E-state index is 0.106. The van der Waals surface area contributed by atoms with E-state index in [4.69, 9.17) is 0 Å². The van der Waals surface area contributed by atoms with Crippen LogP contribution in [0.2, 0.25) is 0 Å². The molecule has 0 atom stereocenters. The van der Waals surface area contributed by atoms with Crippen LogP contribution in [0.4, 0.5) is 19.3 Å². The van der Waals surface area contributed by atoms with Gasteiger partial charge in [-0.3, -0.25) is 4.40 Å². The molecule has 2 N–H and O–H groups in total. The molecule has 0 radical (unpaired) electrons. The highest BCUT2D eigenvalue weighted by Gasteiger charge is 2.09. The fraction of sp³-hybridized carbons (Fsp3) is 0.0714. The van der Waals surface area contributed by atoms with Crippen molar-refractivity contribution < 1.29 is 13.6 Å². The highest BCUT2D eigenvalue weighted by molar-refractivity contribution is 5.89. The number of fused-ring (bicyclic) bond motifs is 1. The van der Waals surface area contributed by atoms with Crippen LogP contribution >= 0.6 is 0 Å². The Hall–Kier alpha value is -3.03. The Morgan fingerprint density at radius 3 is 2.86 bits per heavy atom. The first kappa shape index (κ1) is 13.9. The third-order valence-electron chi connectivity index (χ3n) is 2.97. The van der Waals surface area contributed by atoms with E-state index in [-0.39, 0.29) is 12.2 Å². The lowest BCUT2D eigenvalue weighted by molar-refractivity contribution is 0.251. The average molecular weight is 303 g/mol. The van der Waals surface area contributed by atoms with Crippen LogP contribution in [0.3, 0.4) is 0 Å². The van der Waals surface area contributed by atoms with Crippen molar-refractivity contribution >= 4 is 17.4 Å². The normalized spacial score (nSPS) is 10.6. The van der Waals surface area contributed by atoms with Gasteiger partial charge in [0.25, 0.3) is 0 Å². The van der Waals surface area contributed by atoms with Crippen LogP contribution in [0.15, 0.2) is 42.6 Å². The van der Waals surface area contributed by atoms with Crippen molar-refractivity contribution in [2.45, 2.75) is 6.54 Å². The number of urea groups is 1. The zero-order valence-electron chi connectivity index (χ0n) is 11.3. The van der Waals surface area contributed by atoms with Gasteiger partial charge in [0.05, 0.1) is 12.2 Å². The molecule has 22 heavy (non-hydrogen) atoms. The van der Waals surface area contributed by atoms with E-state index in [2.05, 4.69) is 20.8 Å².